The number of hydrogen-bond acceptors (Lipinski definition) is 1. The van der Waals surface area contributed by atoms with Crippen molar-refractivity contribution in [3.63, 3.8) is 0 Å². The van der Waals surface area contributed by atoms with Crippen LogP contribution in [0.25, 0.3) is 0 Å². The molecule has 4 rings (SSSR count). The summed E-state index contributed by atoms with van der Waals surface area (Å²) in [7, 11) is 0. The van der Waals surface area contributed by atoms with Crippen LogP contribution >= 0.6 is 11.6 Å². The maximum atomic E-state index is 12.8. The largest absolute Gasteiger partial charge is 0.299 e. The van der Waals surface area contributed by atoms with Gasteiger partial charge in [0.2, 0.25) is 0 Å². The molecule has 1 spiro atoms. The lowest BCUT2D eigenvalue weighted by atomic mass is 9.64. The van der Waals surface area contributed by atoms with Gasteiger partial charge in [-0.25, -0.2) is 0 Å². The molecule has 1 atom stereocenters. The van der Waals surface area contributed by atoms with Gasteiger partial charge in [-0.2, -0.15) is 0 Å². The summed E-state index contributed by atoms with van der Waals surface area (Å²) in [4.78, 5) is 12.8. The molecule has 0 saturated heterocycles. The molecule has 0 heterocycles. The summed E-state index contributed by atoms with van der Waals surface area (Å²) in [5, 5.41) is 0.726. The van der Waals surface area contributed by atoms with Crippen LogP contribution in [0.4, 0.5) is 0 Å². The van der Waals surface area contributed by atoms with Crippen LogP contribution in [0.3, 0.4) is 0 Å². The average Bonchev–Trinajstić information content (AvgIpc) is 3.02. The molecule has 2 aromatic rings. The topological polar surface area (TPSA) is 17.1 Å². The average molecular weight is 367 g/mol. The highest BCUT2D eigenvalue weighted by Gasteiger charge is 2.42. The normalized spacial score (nSPS) is 25.8. The molecule has 0 bridgehead atoms. The minimum absolute atomic E-state index is 0.152. The Balaban J connectivity index is 1.38. The first-order valence-corrected chi connectivity index (χ1v) is 10.3. The lowest BCUT2D eigenvalue weighted by Gasteiger charge is -2.40. The zero-order valence-electron chi connectivity index (χ0n) is 15.5. The van der Waals surface area contributed by atoms with E-state index in [1.54, 1.807) is 11.1 Å². The van der Waals surface area contributed by atoms with Crippen LogP contribution in [0.15, 0.2) is 48.5 Å². The molecule has 2 aliphatic carbocycles. The van der Waals surface area contributed by atoms with Gasteiger partial charge in [-0.15, -0.1) is 0 Å². The van der Waals surface area contributed by atoms with Crippen LogP contribution in [0, 0.1) is 11.8 Å². The van der Waals surface area contributed by atoms with Crippen molar-refractivity contribution in [1.82, 2.24) is 0 Å². The third kappa shape index (κ3) is 3.34. The lowest BCUT2D eigenvalue weighted by Crippen LogP contribution is -2.34. The van der Waals surface area contributed by atoms with Crippen molar-refractivity contribution in [2.24, 2.45) is 11.8 Å². The molecule has 1 nitrogen and oxygen atoms in total. The van der Waals surface area contributed by atoms with Crippen molar-refractivity contribution in [1.29, 1.82) is 0 Å². The second-order valence-electron chi connectivity index (χ2n) is 8.33. The standard InChI is InChI=1S/C24H27ClO/c1-17(23(26)16-18-6-8-21(25)9-7-18)19-10-13-24(14-11-19)15-12-20-4-2-3-5-22(20)24/h2-9,17,19H,10-16H2,1H3. The van der Waals surface area contributed by atoms with E-state index < -0.39 is 0 Å². The fraction of sp³-hybridized carbons (Fsp3) is 0.458. The van der Waals surface area contributed by atoms with Crippen molar-refractivity contribution in [2.45, 2.75) is 57.3 Å². The van der Waals surface area contributed by atoms with Crippen LogP contribution in [-0.2, 0) is 23.1 Å². The van der Waals surface area contributed by atoms with Crippen LogP contribution in [0.1, 0.15) is 55.7 Å². The molecule has 1 unspecified atom stereocenters. The Bertz CT molecular complexity index is 784. The van der Waals surface area contributed by atoms with E-state index in [4.69, 9.17) is 11.6 Å². The highest BCUT2D eigenvalue weighted by molar-refractivity contribution is 6.30. The highest BCUT2D eigenvalue weighted by atomic mass is 35.5. The molecule has 0 amide bonds. The zero-order chi connectivity index (χ0) is 18.1. The van der Waals surface area contributed by atoms with E-state index in [-0.39, 0.29) is 5.92 Å². The number of ketones is 1. The van der Waals surface area contributed by atoms with Crippen molar-refractivity contribution >= 4 is 17.4 Å². The molecule has 2 aliphatic rings. The third-order valence-electron chi connectivity index (χ3n) is 6.96. The summed E-state index contributed by atoms with van der Waals surface area (Å²) in [5.74, 6) is 1.06. The Labute approximate surface area is 161 Å². The monoisotopic (exact) mass is 366 g/mol. The molecule has 1 saturated carbocycles. The fourth-order valence-electron chi connectivity index (χ4n) is 5.20. The molecule has 0 aliphatic heterocycles. The van der Waals surface area contributed by atoms with Gasteiger partial charge in [-0.1, -0.05) is 54.9 Å². The van der Waals surface area contributed by atoms with Crippen molar-refractivity contribution in [2.75, 3.05) is 0 Å². The Morgan fingerprint density at radius 2 is 1.77 bits per heavy atom. The van der Waals surface area contributed by atoms with Gasteiger partial charge >= 0.3 is 0 Å². The number of carbonyl (C=O) groups is 1. The minimum atomic E-state index is 0.152. The van der Waals surface area contributed by atoms with E-state index in [9.17, 15) is 4.79 Å². The molecular formula is C24H27ClO. The van der Waals surface area contributed by atoms with Crippen LogP contribution in [0.2, 0.25) is 5.02 Å². The first-order chi connectivity index (χ1) is 12.6. The van der Waals surface area contributed by atoms with Crippen LogP contribution in [0.5, 0.6) is 0 Å². The Hall–Kier alpha value is -1.60. The predicted octanol–water partition coefficient (Wildman–Crippen LogP) is 6.16. The minimum Gasteiger partial charge on any atom is -0.299 e. The number of rotatable bonds is 4. The van der Waals surface area contributed by atoms with E-state index in [0.717, 1.165) is 10.6 Å². The van der Waals surface area contributed by atoms with Crippen LogP contribution < -0.4 is 0 Å². The first-order valence-electron chi connectivity index (χ1n) is 9.93. The summed E-state index contributed by atoms with van der Waals surface area (Å²) in [6.07, 6.45) is 7.91. The van der Waals surface area contributed by atoms with Gasteiger partial charge in [0.1, 0.15) is 5.78 Å². The quantitative estimate of drug-likeness (QED) is 0.633. The molecule has 0 aromatic heterocycles. The maximum Gasteiger partial charge on any atom is 0.140 e. The smallest absolute Gasteiger partial charge is 0.140 e. The van der Waals surface area contributed by atoms with Gasteiger partial charge < -0.3 is 0 Å². The number of carbonyl (C=O) groups excluding carboxylic acids is 1. The molecule has 0 radical (unpaired) electrons. The van der Waals surface area contributed by atoms with E-state index in [2.05, 4.69) is 31.2 Å². The zero-order valence-corrected chi connectivity index (χ0v) is 16.3. The highest BCUT2D eigenvalue weighted by Crippen LogP contribution is 2.51. The summed E-state index contributed by atoms with van der Waals surface area (Å²) < 4.78 is 0. The Morgan fingerprint density at radius 1 is 1.08 bits per heavy atom. The molecular weight excluding hydrogens is 340 g/mol. The van der Waals surface area contributed by atoms with Gasteiger partial charge in [0.15, 0.2) is 0 Å². The number of Topliss-reactive ketones (excluding diaryl/α,β-unsaturated/α-hetero) is 1. The molecule has 2 aromatic carbocycles. The van der Waals surface area contributed by atoms with E-state index >= 15 is 0 Å². The number of fused-ring (bicyclic) bond motifs is 2. The summed E-state index contributed by atoms with van der Waals surface area (Å²) in [6.45, 7) is 2.14. The third-order valence-corrected chi connectivity index (χ3v) is 7.21. The maximum absolute atomic E-state index is 12.8. The van der Waals surface area contributed by atoms with E-state index in [0.29, 0.717) is 23.5 Å². The lowest BCUT2D eigenvalue weighted by molar-refractivity contribution is -0.123. The van der Waals surface area contributed by atoms with Crippen molar-refractivity contribution in [3.8, 4) is 0 Å². The summed E-state index contributed by atoms with van der Waals surface area (Å²) >= 11 is 5.94. The number of aryl methyl sites for hydroxylation is 1. The van der Waals surface area contributed by atoms with Gasteiger partial charge in [0, 0.05) is 17.4 Å². The van der Waals surface area contributed by atoms with Gasteiger partial charge in [0.25, 0.3) is 0 Å². The number of hydrogen-bond donors (Lipinski definition) is 0. The molecule has 0 N–H and O–H groups in total. The second-order valence-corrected chi connectivity index (χ2v) is 8.77. The number of halogens is 1. The van der Waals surface area contributed by atoms with Gasteiger partial charge in [0.05, 0.1) is 0 Å². The van der Waals surface area contributed by atoms with Gasteiger partial charge in [-0.05, 0) is 78.7 Å². The number of benzene rings is 2. The first kappa shape index (κ1) is 17.8. The van der Waals surface area contributed by atoms with Crippen molar-refractivity contribution in [3.05, 3.63) is 70.2 Å². The molecule has 2 heteroatoms. The SMILES string of the molecule is CC(C(=O)Cc1ccc(Cl)cc1)C1CCC2(CCc3ccccc32)CC1. The van der Waals surface area contributed by atoms with E-state index in [1.165, 1.54) is 38.5 Å². The molecule has 136 valence electrons. The van der Waals surface area contributed by atoms with Crippen molar-refractivity contribution < 1.29 is 4.79 Å². The second kappa shape index (κ2) is 7.19. The summed E-state index contributed by atoms with van der Waals surface area (Å²) in [6, 6.07) is 16.7. The summed E-state index contributed by atoms with van der Waals surface area (Å²) in [5.41, 5.74) is 4.62. The van der Waals surface area contributed by atoms with E-state index in [1.807, 2.05) is 24.3 Å². The predicted molar refractivity (Wildman–Crippen MR) is 108 cm³/mol. The Kier molecular flexibility index (Phi) is 4.92. The Morgan fingerprint density at radius 3 is 2.50 bits per heavy atom. The molecule has 1 fully saturated rings. The van der Waals surface area contributed by atoms with Crippen LogP contribution in [-0.4, -0.2) is 5.78 Å². The fourth-order valence-corrected chi connectivity index (χ4v) is 5.33. The molecule has 26 heavy (non-hydrogen) atoms. The van der Waals surface area contributed by atoms with Gasteiger partial charge in [-0.3, -0.25) is 4.79 Å².